The van der Waals surface area contributed by atoms with Crippen LogP contribution in [0.25, 0.3) is 0 Å². The molecule has 0 N–H and O–H groups in total. The smallest absolute Gasteiger partial charge is 0.263 e. The molecule has 10 heteroatoms. The highest BCUT2D eigenvalue weighted by molar-refractivity contribution is 7.89. The number of anilines is 1. The predicted octanol–water partition coefficient (Wildman–Crippen LogP) is 3.64. The number of amides is 1. The summed E-state index contributed by atoms with van der Waals surface area (Å²) in [6, 6.07) is 17.0. The monoisotopic (exact) mass is 515 g/mol. The van der Waals surface area contributed by atoms with Crippen LogP contribution < -0.4 is 4.90 Å². The van der Waals surface area contributed by atoms with E-state index in [0.29, 0.717) is 24.7 Å². The third-order valence-corrected chi connectivity index (χ3v) is 8.28. The van der Waals surface area contributed by atoms with E-state index in [1.165, 1.54) is 15.2 Å². The van der Waals surface area contributed by atoms with Crippen LogP contribution >= 0.6 is 11.6 Å². The van der Waals surface area contributed by atoms with E-state index < -0.39 is 10.0 Å². The van der Waals surface area contributed by atoms with Crippen molar-refractivity contribution in [3.05, 3.63) is 76.9 Å². The fraction of sp³-hybridized carbons (Fsp3) is 0.360. The van der Waals surface area contributed by atoms with Crippen molar-refractivity contribution >= 4 is 33.2 Å². The van der Waals surface area contributed by atoms with Crippen molar-refractivity contribution in [3.8, 4) is 0 Å². The van der Waals surface area contributed by atoms with Crippen LogP contribution in [-0.2, 0) is 23.6 Å². The van der Waals surface area contributed by atoms with Gasteiger partial charge >= 0.3 is 0 Å². The lowest BCUT2D eigenvalue weighted by Gasteiger charge is -2.35. The van der Waals surface area contributed by atoms with E-state index >= 15 is 0 Å². The SMILES string of the molecule is CC(C)N(Cc1ccccc1)C(=O)c1cn(C)nc1S(=O)(=O)N1CCN(c2ccccc2Cl)CC1. The number of benzene rings is 2. The minimum absolute atomic E-state index is 0.0886. The van der Waals surface area contributed by atoms with Gasteiger partial charge < -0.3 is 9.80 Å². The Bertz CT molecular complexity index is 1290. The molecular weight excluding hydrogens is 486 g/mol. The van der Waals surface area contributed by atoms with E-state index in [1.54, 1.807) is 11.9 Å². The molecule has 1 fully saturated rings. The van der Waals surface area contributed by atoms with Crippen molar-refractivity contribution < 1.29 is 13.2 Å². The summed E-state index contributed by atoms with van der Waals surface area (Å²) in [5, 5.41) is 4.66. The van der Waals surface area contributed by atoms with Gasteiger partial charge in [0.05, 0.1) is 16.3 Å². The first-order valence-corrected chi connectivity index (χ1v) is 13.4. The highest BCUT2D eigenvalue weighted by atomic mass is 35.5. The Morgan fingerprint density at radius 1 is 1.03 bits per heavy atom. The quantitative estimate of drug-likeness (QED) is 0.480. The first-order valence-electron chi connectivity index (χ1n) is 11.6. The summed E-state index contributed by atoms with van der Waals surface area (Å²) in [6.07, 6.45) is 1.50. The van der Waals surface area contributed by atoms with Crippen molar-refractivity contribution in [2.45, 2.75) is 31.5 Å². The predicted molar refractivity (Wildman–Crippen MR) is 137 cm³/mol. The zero-order valence-corrected chi connectivity index (χ0v) is 21.7. The minimum atomic E-state index is -3.97. The fourth-order valence-corrected chi connectivity index (χ4v) is 6.02. The molecule has 4 rings (SSSR count). The minimum Gasteiger partial charge on any atom is -0.368 e. The third-order valence-electron chi connectivity index (χ3n) is 6.12. The lowest BCUT2D eigenvalue weighted by Crippen LogP contribution is -2.49. The molecule has 1 aliphatic rings. The van der Waals surface area contributed by atoms with Crippen LogP contribution in [0.1, 0.15) is 29.8 Å². The summed E-state index contributed by atoms with van der Waals surface area (Å²) in [7, 11) is -2.34. The van der Waals surface area contributed by atoms with Crippen molar-refractivity contribution in [1.29, 1.82) is 0 Å². The number of sulfonamides is 1. The van der Waals surface area contributed by atoms with E-state index in [4.69, 9.17) is 11.6 Å². The number of nitrogens with zero attached hydrogens (tertiary/aromatic N) is 5. The summed E-state index contributed by atoms with van der Waals surface area (Å²) in [5.74, 6) is -0.356. The van der Waals surface area contributed by atoms with Crippen LogP contribution in [0.5, 0.6) is 0 Å². The third kappa shape index (κ3) is 5.37. The lowest BCUT2D eigenvalue weighted by atomic mass is 10.1. The number of piperazine rings is 1. The Hall–Kier alpha value is -2.88. The van der Waals surface area contributed by atoms with Gasteiger partial charge in [0, 0.05) is 52.0 Å². The Balaban J connectivity index is 1.57. The molecule has 0 aliphatic carbocycles. The van der Waals surface area contributed by atoms with Crippen molar-refractivity contribution in [1.82, 2.24) is 19.0 Å². The van der Waals surface area contributed by atoms with Gasteiger partial charge in [-0.25, -0.2) is 8.42 Å². The highest BCUT2D eigenvalue weighted by Gasteiger charge is 2.36. The first-order chi connectivity index (χ1) is 16.7. The molecule has 0 radical (unpaired) electrons. The molecule has 1 aliphatic heterocycles. The lowest BCUT2D eigenvalue weighted by molar-refractivity contribution is 0.0686. The van der Waals surface area contributed by atoms with E-state index in [0.717, 1.165) is 11.3 Å². The van der Waals surface area contributed by atoms with Gasteiger partial charge in [-0.2, -0.15) is 9.40 Å². The van der Waals surface area contributed by atoms with Gasteiger partial charge in [0.2, 0.25) is 5.03 Å². The number of rotatable bonds is 7. The summed E-state index contributed by atoms with van der Waals surface area (Å²) < 4.78 is 30.0. The van der Waals surface area contributed by atoms with E-state index in [9.17, 15) is 13.2 Å². The average Bonchev–Trinajstić information content (AvgIpc) is 3.25. The van der Waals surface area contributed by atoms with Gasteiger partial charge in [0.1, 0.15) is 0 Å². The molecule has 1 saturated heterocycles. The zero-order valence-electron chi connectivity index (χ0n) is 20.1. The molecule has 1 aromatic heterocycles. The fourth-order valence-electron chi connectivity index (χ4n) is 4.23. The van der Waals surface area contributed by atoms with Crippen LogP contribution in [-0.4, -0.2) is 65.5 Å². The average molecular weight is 516 g/mol. The number of hydrogen-bond acceptors (Lipinski definition) is 5. The Morgan fingerprint density at radius 3 is 2.29 bits per heavy atom. The van der Waals surface area contributed by atoms with Gasteiger partial charge in [-0.1, -0.05) is 54.1 Å². The van der Waals surface area contributed by atoms with Crippen LogP contribution in [0.2, 0.25) is 5.02 Å². The maximum absolute atomic E-state index is 13.6. The number of carbonyl (C=O) groups is 1. The number of halogens is 1. The number of carbonyl (C=O) groups excluding carboxylic acids is 1. The molecule has 2 aromatic carbocycles. The number of aryl methyl sites for hydroxylation is 1. The van der Waals surface area contributed by atoms with Crippen molar-refractivity contribution in [2.75, 3.05) is 31.1 Å². The maximum Gasteiger partial charge on any atom is 0.263 e. The molecular formula is C25H30ClN5O3S. The normalized spacial score (nSPS) is 14.9. The molecule has 0 spiro atoms. The summed E-state index contributed by atoms with van der Waals surface area (Å²) in [5.41, 5.74) is 1.94. The van der Waals surface area contributed by atoms with Crippen LogP contribution in [0.15, 0.2) is 65.8 Å². The van der Waals surface area contributed by atoms with Crippen molar-refractivity contribution in [3.63, 3.8) is 0 Å². The van der Waals surface area contributed by atoms with Gasteiger partial charge in [0.25, 0.3) is 15.9 Å². The van der Waals surface area contributed by atoms with Crippen LogP contribution in [0, 0.1) is 0 Å². The number of aromatic nitrogens is 2. The molecule has 186 valence electrons. The standard InChI is InChI=1S/C25H30ClN5O3S/c1-19(2)31(17-20-9-5-4-6-10-20)25(32)21-18-28(3)27-24(21)35(33,34)30-15-13-29(14-16-30)23-12-8-7-11-22(23)26/h4-12,18-19H,13-17H2,1-3H3. The van der Waals surface area contributed by atoms with Crippen LogP contribution in [0.4, 0.5) is 5.69 Å². The summed E-state index contributed by atoms with van der Waals surface area (Å²) >= 11 is 6.32. The Morgan fingerprint density at radius 2 is 1.66 bits per heavy atom. The maximum atomic E-state index is 13.6. The van der Waals surface area contributed by atoms with Crippen LogP contribution in [0.3, 0.4) is 0 Å². The second kappa shape index (κ2) is 10.4. The van der Waals surface area contributed by atoms with E-state index in [2.05, 4.69) is 10.00 Å². The molecule has 0 atom stereocenters. The second-order valence-electron chi connectivity index (χ2n) is 8.88. The van der Waals surface area contributed by atoms with Gasteiger partial charge in [-0.15, -0.1) is 0 Å². The van der Waals surface area contributed by atoms with E-state index in [1.807, 2.05) is 68.4 Å². The Kier molecular flexibility index (Phi) is 7.49. The summed E-state index contributed by atoms with van der Waals surface area (Å²) in [6.45, 7) is 5.74. The largest absolute Gasteiger partial charge is 0.368 e. The first kappa shape index (κ1) is 25.2. The highest BCUT2D eigenvalue weighted by Crippen LogP contribution is 2.28. The number of hydrogen-bond donors (Lipinski definition) is 0. The van der Waals surface area contributed by atoms with Crippen molar-refractivity contribution in [2.24, 2.45) is 7.05 Å². The zero-order chi connectivity index (χ0) is 25.2. The Labute approximate surface area is 211 Å². The van der Waals surface area contributed by atoms with E-state index in [-0.39, 0.29) is 35.6 Å². The summed E-state index contributed by atoms with van der Waals surface area (Å²) in [4.78, 5) is 17.3. The molecule has 2 heterocycles. The molecule has 3 aromatic rings. The van der Waals surface area contributed by atoms with Gasteiger partial charge in [0.15, 0.2) is 0 Å². The molecule has 8 nitrogen and oxygen atoms in total. The van der Waals surface area contributed by atoms with Gasteiger partial charge in [-0.05, 0) is 31.5 Å². The van der Waals surface area contributed by atoms with Gasteiger partial charge in [-0.3, -0.25) is 9.48 Å². The number of para-hydroxylation sites is 1. The molecule has 35 heavy (non-hydrogen) atoms. The molecule has 1 amide bonds. The molecule has 0 bridgehead atoms. The topological polar surface area (TPSA) is 78.8 Å². The molecule has 0 saturated carbocycles. The molecule has 0 unspecified atom stereocenters. The second-order valence-corrected chi connectivity index (χ2v) is 11.1.